The van der Waals surface area contributed by atoms with Crippen molar-refractivity contribution in [2.45, 2.75) is 0 Å². The quantitative estimate of drug-likeness (QED) is 0.526. The van der Waals surface area contributed by atoms with E-state index in [1.54, 1.807) is 13.2 Å². The third-order valence-corrected chi connectivity index (χ3v) is 0.748. The smallest absolute Gasteiger partial charge is 0.147 e. The van der Waals surface area contributed by atoms with Crippen molar-refractivity contribution in [2.75, 3.05) is 7.11 Å². The maximum Gasteiger partial charge on any atom is 0.147 e. The maximum atomic E-state index is 4.76. The van der Waals surface area contributed by atoms with Gasteiger partial charge < -0.3 is 4.74 Å². The van der Waals surface area contributed by atoms with Crippen LogP contribution in [0.2, 0.25) is 0 Å². The third kappa shape index (κ3) is 0.964. The van der Waals surface area contributed by atoms with Gasteiger partial charge in [0, 0.05) is 12.3 Å². The second-order valence-electron chi connectivity index (χ2n) is 1.25. The molecule has 0 fully saturated rings. The predicted octanol–water partition coefficient (Wildman–Crippen LogP) is 0.691. The first-order valence-electron chi connectivity index (χ1n) is 2.21. The van der Waals surface area contributed by atoms with Gasteiger partial charge in [-0.05, 0) is 6.07 Å². The highest BCUT2D eigenvalue weighted by Gasteiger charge is 1.83. The Balaban J connectivity index is 2.83. The first-order chi connectivity index (χ1) is 3.93. The third-order valence-electron chi connectivity index (χ3n) is 0.748. The number of nitrogens with zero attached hydrogens (tertiary/aromatic N) is 1. The molecule has 0 atom stereocenters. The maximum absolute atomic E-state index is 4.76. The number of pyridine rings is 1. The molecular weight excluding hydrogens is 102 g/mol. The van der Waals surface area contributed by atoms with Crippen LogP contribution in [0.1, 0.15) is 0 Å². The van der Waals surface area contributed by atoms with Gasteiger partial charge in [0.15, 0.2) is 0 Å². The number of rotatable bonds is 1. The standard InChI is InChI=1S/C6H5NO/c1-8-6-3-2-4-7-5-6/h3-4H,1H3. The summed E-state index contributed by atoms with van der Waals surface area (Å²) in [6.45, 7) is 0. The van der Waals surface area contributed by atoms with E-state index in [4.69, 9.17) is 4.74 Å². The number of aromatic nitrogens is 1. The highest BCUT2D eigenvalue weighted by Crippen LogP contribution is 2.01. The van der Waals surface area contributed by atoms with Crippen molar-refractivity contribution in [1.82, 2.24) is 4.98 Å². The lowest BCUT2D eigenvalue weighted by Gasteiger charge is -1.91. The largest absolute Gasteiger partial charge is 0.494 e. The lowest BCUT2D eigenvalue weighted by atomic mass is 10.5. The van der Waals surface area contributed by atoms with E-state index >= 15 is 0 Å². The summed E-state index contributed by atoms with van der Waals surface area (Å²) in [6.07, 6.45) is 4.14. The summed E-state index contributed by atoms with van der Waals surface area (Å²) in [4.78, 5) is 3.65. The van der Waals surface area contributed by atoms with E-state index in [1.807, 2.05) is 0 Å². The Hall–Kier alpha value is -1.05. The summed E-state index contributed by atoms with van der Waals surface area (Å²) in [6, 6.07) is 4.42. The SMILES string of the molecule is COc1[c]nc[c]c1. The van der Waals surface area contributed by atoms with Crippen LogP contribution in [-0.4, -0.2) is 12.1 Å². The fraction of sp³-hybridized carbons (Fsp3) is 0.167. The first kappa shape index (κ1) is 5.09. The topological polar surface area (TPSA) is 22.1 Å². The van der Waals surface area contributed by atoms with Crippen molar-refractivity contribution in [3.63, 3.8) is 0 Å². The highest BCUT2D eigenvalue weighted by atomic mass is 16.5. The zero-order chi connectivity index (χ0) is 5.82. The molecule has 0 aliphatic rings. The van der Waals surface area contributed by atoms with E-state index in [9.17, 15) is 0 Å². The van der Waals surface area contributed by atoms with Crippen molar-refractivity contribution in [1.29, 1.82) is 0 Å². The van der Waals surface area contributed by atoms with Gasteiger partial charge in [0.1, 0.15) is 11.9 Å². The molecule has 0 saturated carbocycles. The molecule has 1 rings (SSSR count). The van der Waals surface area contributed by atoms with E-state index < -0.39 is 0 Å². The lowest BCUT2D eigenvalue weighted by Crippen LogP contribution is -1.81. The van der Waals surface area contributed by atoms with E-state index in [0.717, 1.165) is 0 Å². The molecule has 1 aromatic rings. The van der Waals surface area contributed by atoms with Crippen molar-refractivity contribution < 1.29 is 4.74 Å². The number of methoxy groups -OCH3 is 1. The summed E-state index contributed by atoms with van der Waals surface area (Å²) in [5, 5.41) is 0. The highest BCUT2D eigenvalue weighted by molar-refractivity contribution is 5.12. The lowest BCUT2D eigenvalue weighted by molar-refractivity contribution is 0.411. The van der Waals surface area contributed by atoms with E-state index in [1.165, 1.54) is 6.20 Å². The fourth-order valence-corrected chi connectivity index (χ4v) is 0.383. The van der Waals surface area contributed by atoms with Gasteiger partial charge in [-0.1, -0.05) is 0 Å². The molecule has 0 aliphatic heterocycles. The van der Waals surface area contributed by atoms with Crippen LogP contribution in [-0.2, 0) is 0 Å². The zero-order valence-corrected chi connectivity index (χ0v) is 4.51. The Morgan fingerprint density at radius 2 is 2.62 bits per heavy atom. The van der Waals surface area contributed by atoms with Crippen LogP contribution in [0.4, 0.5) is 0 Å². The van der Waals surface area contributed by atoms with Crippen molar-refractivity contribution in [3.05, 3.63) is 24.5 Å². The summed E-state index contributed by atoms with van der Waals surface area (Å²) < 4.78 is 4.76. The minimum atomic E-state index is 0.618. The molecule has 0 N–H and O–H groups in total. The molecule has 0 aromatic carbocycles. The second kappa shape index (κ2) is 2.31. The van der Waals surface area contributed by atoms with Gasteiger partial charge >= 0.3 is 0 Å². The Bertz CT molecular complexity index is 150. The van der Waals surface area contributed by atoms with Crippen molar-refractivity contribution in [2.24, 2.45) is 0 Å². The molecular formula is C6H5NO. The number of ether oxygens (including phenoxy) is 1. The minimum Gasteiger partial charge on any atom is -0.494 e. The molecule has 2 radical (unpaired) electrons. The van der Waals surface area contributed by atoms with Crippen LogP contribution in [0.3, 0.4) is 0 Å². The van der Waals surface area contributed by atoms with Gasteiger partial charge in [-0.15, -0.1) is 0 Å². The summed E-state index contributed by atoms with van der Waals surface area (Å²) in [7, 11) is 1.57. The average Bonchev–Trinajstić information content (AvgIpc) is 1.90. The monoisotopic (exact) mass is 107 g/mol. The van der Waals surface area contributed by atoms with E-state index in [2.05, 4.69) is 17.2 Å². The van der Waals surface area contributed by atoms with Crippen LogP contribution in [0, 0.1) is 12.3 Å². The number of hydrogen-bond donors (Lipinski definition) is 0. The second-order valence-corrected chi connectivity index (χ2v) is 1.25. The molecule has 8 heavy (non-hydrogen) atoms. The van der Waals surface area contributed by atoms with Crippen molar-refractivity contribution in [3.8, 4) is 5.75 Å². The van der Waals surface area contributed by atoms with Crippen LogP contribution >= 0.6 is 0 Å². The van der Waals surface area contributed by atoms with Crippen LogP contribution in [0.5, 0.6) is 5.75 Å². The average molecular weight is 107 g/mol. The summed E-state index contributed by atoms with van der Waals surface area (Å²) in [5.41, 5.74) is 0. The first-order valence-corrected chi connectivity index (χ1v) is 2.21. The van der Waals surface area contributed by atoms with Crippen molar-refractivity contribution >= 4 is 0 Å². The van der Waals surface area contributed by atoms with Crippen LogP contribution in [0.25, 0.3) is 0 Å². The Morgan fingerprint density at radius 1 is 1.75 bits per heavy atom. The van der Waals surface area contributed by atoms with E-state index in [-0.39, 0.29) is 0 Å². The molecule has 0 spiro atoms. The Kier molecular flexibility index (Phi) is 1.47. The van der Waals surface area contributed by atoms with Gasteiger partial charge in [0.2, 0.25) is 0 Å². The predicted molar refractivity (Wildman–Crippen MR) is 28.5 cm³/mol. The molecule has 0 amide bonds. The van der Waals surface area contributed by atoms with Gasteiger partial charge in [-0.3, -0.25) is 0 Å². The van der Waals surface area contributed by atoms with Gasteiger partial charge in [0.25, 0.3) is 0 Å². The summed E-state index contributed by atoms with van der Waals surface area (Å²) >= 11 is 0. The molecule has 1 heterocycles. The molecule has 40 valence electrons. The van der Waals surface area contributed by atoms with Gasteiger partial charge in [-0.2, -0.15) is 0 Å². The molecule has 1 aromatic heterocycles. The minimum absolute atomic E-state index is 0.618. The van der Waals surface area contributed by atoms with Crippen LogP contribution < -0.4 is 4.74 Å². The Labute approximate surface area is 48.1 Å². The molecule has 2 heteroatoms. The van der Waals surface area contributed by atoms with Gasteiger partial charge in [0.05, 0.1) is 7.11 Å². The molecule has 0 saturated heterocycles. The number of hydrogen-bond acceptors (Lipinski definition) is 2. The van der Waals surface area contributed by atoms with E-state index in [0.29, 0.717) is 5.75 Å². The normalized spacial score (nSPS) is 8.62. The molecule has 0 unspecified atom stereocenters. The summed E-state index contributed by atoms with van der Waals surface area (Å²) in [5.74, 6) is 0.618. The Morgan fingerprint density at radius 3 is 3.00 bits per heavy atom. The molecule has 0 bridgehead atoms. The molecule has 0 aliphatic carbocycles. The zero-order valence-electron chi connectivity index (χ0n) is 4.51. The molecule has 2 nitrogen and oxygen atoms in total. The van der Waals surface area contributed by atoms with Crippen LogP contribution in [0.15, 0.2) is 12.3 Å². The fourth-order valence-electron chi connectivity index (χ4n) is 0.383. The van der Waals surface area contributed by atoms with Gasteiger partial charge in [-0.25, -0.2) is 4.98 Å².